The van der Waals surface area contributed by atoms with Crippen LogP contribution in [0.5, 0.6) is 11.5 Å². The van der Waals surface area contributed by atoms with Crippen LogP contribution in [-0.4, -0.2) is 34.0 Å². The third-order valence-corrected chi connectivity index (χ3v) is 4.58. The molecule has 0 spiro atoms. The maximum absolute atomic E-state index is 12.7. The van der Waals surface area contributed by atoms with Crippen LogP contribution in [0.2, 0.25) is 0 Å². The van der Waals surface area contributed by atoms with Gasteiger partial charge in [0.25, 0.3) is 5.91 Å². The van der Waals surface area contributed by atoms with Crippen LogP contribution >= 0.6 is 0 Å². The third kappa shape index (κ3) is 4.08. The normalized spacial score (nSPS) is 10.9. The molecule has 28 heavy (non-hydrogen) atoms. The molecule has 0 aliphatic heterocycles. The molecular formula is C21H26N4O3. The van der Waals surface area contributed by atoms with E-state index in [0.29, 0.717) is 29.4 Å². The highest BCUT2D eigenvalue weighted by Gasteiger charge is 2.19. The molecule has 0 unspecified atom stereocenters. The van der Waals surface area contributed by atoms with Gasteiger partial charge in [0.05, 0.1) is 25.1 Å². The number of carbonyl (C=O) groups is 1. The highest BCUT2D eigenvalue weighted by Crippen LogP contribution is 2.24. The number of hydrogen-bond acceptors (Lipinski definition) is 5. The number of rotatable bonds is 8. The van der Waals surface area contributed by atoms with Gasteiger partial charge in [0.1, 0.15) is 12.1 Å². The first-order valence-electron chi connectivity index (χ1n) is 9.47. The Balaban J connectivity index is 1.73. The fourth-order valence-electron chi connectivity index (χ4n) is 3.10. The van der Waals surface area contributed by atoms with Gasteiger partial charge in [-0.15, -0.1) is 0 Å². The Morgan fingerprint density at radius 2 is 1.93 bits per heavy atom. The van der Waals surface area contributed by atoms with Crippen LogP contribution < -0.4 is 14.8 Å². The number of imidazole rings is 1. The van der Waals surface area contributed by atoms with Gasteiger partial charge in [0, 0.05) is 5.69 Å². The second-order valence-electron chi connectivity index (χ2n) is 6.64. The molecule has 3 aromatic rings. The molecule has 1 aromatic carbocycles. The number of carbonyl (C=O) groups excluding carboxylic acids is 1. The number of hydrogen-bond donors (Lipinski definition) is 1. The Hall–Kier alpha value is -3.09. The van der Waals surface area contributed by atoms with Gasteiger partial charge in [-0.3, -0.25) is 9.20 Å². The van der Waals surface area contributed by atoms with Crippen molar-refractivity contribution in [1.82, 2.24) is 14.4 Å². The third-order valence-electron chi connectivity index (χ3n) is 4.58. The smallest absolute Gasteiger partial charge is 0.278 e. The zero-order valence-corrected chi connectivity index (χ0v) is 16.8. The van der Waals surface area contributed by atoms with Gasteiger partial charge in [-0.2, -0.15) is 0 Å². The quantitative estimate of drug-likeness (QED) is 0.592. The first-order valence-corrected chi connectivity index (χ1v) is 9.47. The van der Waals surface area contributed by atoms with Gasteiger partial charge in [-0.25, -0.2) is 9.97 Å². The highest BCUT2D eigenvalue weighted by molar-refractivity contribution is 6.06. The number of benzene rings is 1. The van der Waals surface area contributed by atoms with Crippen molar-refractivity contribution in [2.75, 3.05) is 19.0 Å². The predicted octanol–water partition coefficient (Wildman–Crippen LogP) is 4.18. The topological polar surface area (TPSA) is 77.8 Å². The van der Waals surface area contributed by atoms with Gasteiger partial charge >= 0.3 is 0 Å². The van der Waals surface area contributed by atoms with Crippen molar-refractivity contribution in [1.29, 1.82) is 0 Å². The number of aromatic nitrogens is 3. The van der Waals surface area contributed by atoms with Gasteiger partial charge in [-0.05, 0) is 44.5 Å². The number of aryl methyl sites for hydroxylation is 2. The minimum atomic E-state index is -0.310. The summed E-state index contributed by atoms with van der Waals surface area (Å²) in [6.45, 7) is 6.62. The van der Waals surface area contributed by atoms with Crippen LogP contribution in [0.3, 0.4) is 0 Å². The van der Waals surface area contributed by atoms with E-state index in [9.17, 15) is 4.79 Å². The summed E-state index contributed by atoms with van der Waals surface area (Å²) in [5.74, 6) is 1.17. The van der Waals surface area contributed by atoms with Crippen LogP contribution in [0.4, 0.5) is 5.69 Å². The number of methoxy groups -OCH3 is 1. The van der Waals surface area contributed by atoms with E-state index in [4.69, 9.17) is 9.47 Å². The monoisotopic (exact) mass is 382 g/mol. The molecule has 0 radical (unpaired) electrons. The van der Waals surface area contributed by atoms with E-state index in [1.165, 1.54) is 0 Å². The van der Waals surface area contributed by atoms with E-state index in [-0.39, 0.29) is 11.6 Å². The van der Waals surface area contributed by atoms with Crippen molar-refractivity contribution in [3.8, 4) is 11.5 Å². The predicted molar refractivity (Wildman–Crippen MR) is 108 cm³/mol. The minimum absolute atomic E-state index is 0.272. The summed E-state index contributed by atoms with van der Waals surface area (Å²) < 4.78 is 12.8. The Kier molecular flexibility index (Phi) is 6.13. The lowest BCUT2D eigenvalue weighted by Crippen LogP contribution is -2.14. The Labute approximate surface area is 164 Å². The molecule has 0 saturated carbocycles. The van der Waals surface area contributed by atoms with Crippen molar-refractivity contribution in [2.45, 2.75) is 40.0 Å². The van der Waals surface area contributed by atoms with E-state index in [0.717, 1.165) is 30.7 Å². The van der Waals surface area contributed by atoms with Crippen molar-refractivity contribution in [3.05, 3.63) is 47.7 Å². The van der Waals surface area contributed by atoms with Crippen molar-refractivity contribution < 1.29 is 14.3 Å². The molecule has 0 aliphatic rings. The zero-order valence-electron chi connectivity index (χ0n) is 16.8. The van der Waals surface area contributed by atoms with Crippen molar-refractivity contribution in [3.63, 3.8) is 0 Å². The van der Waals surface area contributed by atoms with Crippen LogP contribution in [0.25, 0.3) is 5.65 Å². The lowest BCUT2D eigenvalue weighted by molar-refractivity contribution is 0.102. The molecule has 0 fully saturated rings. The Morgan fingerprint density at radius 1 is 1.18 bits per heavy atom. The molecule has 148 valence electrons. The summed E-state index contributed by atoms with van der Waals surface area (Å²) in [5, 5.41) is 2.87. The first kappa shape index (κ1) is 19.7. The maximum Gasteiger partial charge on any atom is 0.278 e. The number of nitrogens with one attached hydrogen (secondary N) is 1. The minimum Gasteiger partial charge on any atom is -0.494 e. The molecule has 2 heterocycles. The van der Waals surface area contributed by atoms with E-state index in [1.54, 1.807) is 17.8 Å². The van der Waals surface area contributed by atoms with Gasteiger partial charge < -0.3 is 14.8 Å². The second-order valence-corrected chi connectivity index (χ2v) is 6.64. The summed E-state index contributed by atoms with van der Waals surface area (Å²) in [6.07, 6.45) is 4.95. The van der Waals surface area contributed by atoms with E-state index < -0.39 is 0 Å². The van der Waals surface area contributed by atoms with Crippen LogP contribution in [-0.2, 0) is 0 Å². The standard InChI is InChI=1S/C21H26N4O3/c1-5-6-7-12-28-17-10-8-16(9-11-17)24-21(26)18-20-23-14(2)19(27-4)15(3)25(20)13-22-18/h8-11,13H,5-7,12H2,1-4H3,(H,24,26). The Morgan fingerprint density at radius 3 is 2.61 bits per heavy atom. The Bertz CT molecular complexity index is 964. The molecule has 0 aliphatic carbocycles. The van der Waals surface area contributed by atoms with Crippen LogP contribution in [0, 0.1) is 13.8 Å². The van der Waals surface area contributed by atoms with Gasteiger partial charge in [0.15, 0.2) is 17.1 Å². The summed E-state index contributed by atoms with van der Waals surface area (Å²) >= 11 is 0. The number of anilines is 1. The van der Waals surface area contributed by atoms with Crippen LogP contribution in [0.1, 0.15) is 48.1 Å². The molecule has 7 heteroatoms. The molecule has 3 rings (SSSR count). The summed E-state index contributed by atoms with van der Waals surface area (Å²) in [4.78, 5) is 21.4. The average molecular weight is 382 g/mol. The lowest BCUT2D eigenvalue weighted by atomic mass is 10.2. The molecule has 7 nitrogen and oxygen atoms in total. The lowest BCUT2D eigenvalue weighted by Gasteiger charge is -2.10. The number of fused-ring (bicyclic) bond motifs is 1. The van der Waals surface area contributed by atoms with Gasteiger partial charge in [0.2, 0.25) is 0 Å². The fourth-order valence-corrected chi connectivity index (χ4v) is 3.10. The van der Waals surface area contributed by atoms with Crippen molar-refractivity contribution in [2.24, 2.45) is 0 Å². The molecule has 0 saturated heterocycles. The SMILES string of the molecule is CCCCCOc1ccc(NC(=O)c2ncn3c(C)c(OC)c(C)nc23)cc1. The summed E-state index contributed by atoms with van der Waals surface area (Å²) in [6, 6.07) is 7.34. The molecule has 1 amide bonds. The highest BCUT2D eigenvalue weighted by atomic mass is 16.5. The van der Waals surface area contributed by atoms with Gasteiger partial charge in [-0.1, -0.05) is 19.8 Å². The fraction of sp³-hybridized carbons (Fsp3) is 0.381. The largest absolute Gasteiger partial charge is 0.494 e. The number of unbranched alkanes of at least 4 members (excludes halogenated alkanes) is 2. The number of nitrogens with zero attached hydrogens (tertiary/aromatic N) is 3. The molecule has 2 aromatic heterocycles. The van der Waals surface area contributed by atoms with Crippen LogP contribution in [0.15, 0.2) is 30.6 Å². The molecule has 0 bridgehead atoms. The average Bonchev–Trinajstić information content (AvgIpc) is 3.11. The second kappa shape index (κ2) is 8.73. The first-order chi connectivity index (χ1) is 13.5. The molecule has 1 N–H and O–H groups in total. The number of ether oxygens (including phenoxy) is 2. The maximum atomic E-state index is 12.7. The summed E-state index contributed by atoms with van der Waals surface area (Å²) in [5.41, 5.74) is 3.01. The zero-order chi connectivity index (χ0) is 20.1. The summed E-state index contributed by atoms with van der Waals surface area (Å²) in [7, 11) is 1.60. The van der Waals surface area contributed by atoms with E-state index in [1.807, 2.05) is 38.1 Å². The molecule has 0 atom stereocenters. The number of amides is 1. The van der Waals surface area contributed by atoms with E-state index >= 15 is 0 Å². The molecular weight excluding hydrogens is 356 g/mol. The van der Waals surface area contributed by atoms with E-state index in [2.05, 4.69) is 22.2 Å². The van der Waals surface area contributed by atoms with Crippen molar-refractivity contribution >= 4 is 17.2 Å².